The predicted molar refractivity (Wildman–Crippen MR) is 68.3 cm³/mol. The van der Waals surface area contributed by atoms with Gasteiger partial charge in [0.25, 0.3) is 0 Å². The van der Waals surface area contributed by atoms with Gasteiger partial charge in [0.1, 0.15) is 0 Å². The molecule has 1 nitrogen and oxygen atoms in total. The van der Waals surface area contributed by atoms with Crippen LogP contribution in [0.25, 0.3) is 0 Å². The highest BCUT2D eigenvalue weighted by molar-refractivity contribution is 5.19. The van der Waals surface area contributed by atoms with Crippen molar-refractivity contribution in [2.45, 2.75) is 77.4 Å². The van der Waals surface area contributed by atoms with Crippen molar-refractivity contribution in [3.05, 3.63) is 0 Å². The minimum Gasteiger partial charge on any atom is -0.315 e. The van der Waals surface area contributed by atoms with Gasteiger partial charge in [-0.15, -0.1) is 0 Å². The summed E-state index contributed by atoms with van der Waals surface area (Å²) in [6.45, 7) is 0. The molecule has 0 aromatic rings. The molecule has 0 aromatic carbocycles. The van der Waals surface area contributed by atoms with Crippen LogP contribution in [0.4, 0.5) is 119 Å². The number of alkyl halides is 27. The highest BCUT2D eigenvalue weighted by atomic mass is 19.4. The third-order valence-corrected chi connectivity index (χ3v) is 4.86. The molecule has 0 saturated carbocycles. The minimum absolute atomic E-state index is 0.169. The lowest BCUT2D eigenvalue weighted by Crippen LogP contribution is -2.93. The van der Waals surface area contributed by atoms with Gasteiger partial charge in [0.05, 0.1) is 0 Å². The summed E-state index contributed by atoms with van der Waals surface area (Å²) in [4.78, 5) is 0. The van der Waals surface area contributed by atoms with Gasteiger partial charge in [-0.2, -0.15) is 119 Å². The smallest absolute Gasteiger partial charge is 0.315 e. The van der Waals surface area contributed by atoms with Gasteiger partial charge < -0.3 is 5.73 Å². The Bertz CT molecular complexity index is 885. The van der Waals surface area contributed by atoms with Crippen molar-refractivity contribution in [2.75, 3.05) is 0 Å². The summed E-state index contributed by atoms with van der Waals surface area (Å²) in [5.41, 5.74) is 0.169. The lowest BCUT2D eigenvalue weighted by atomic mass is 9.82. The zero-order valence-electron chi connectivity index (χ0n) is 17.4. The zero-order valence-corrected chi connectivity index (χ0v) is 17.4. The van der Waals surface area contributed by atoms with Crippen LogP contribution in [-0.2, 0) is 0 Å². The molecule has 0 fully saturated rings. The molecule has 0 amide bonds. The van der Waals surface area contributed by atoms with Gasteiger partial charge in [-0.05, 0) is 0 Å². The molecule has 0 aliphatic carbocycles. The monoisotopic (exact) mass is 686 g/mol. The fourth-order valence-electron chi connectivity index (χ4n) is 2.23. The first-order chi connectivity index (χ1) is 17.0. The second kappa shape index (κ2) is 9.04. The van der Waals surface area contributed by atoms with Crippen LogP contribution in [0.2, 0.25) is 0 Å². The van der Waals surface area contributed by atoms with Crippen molar-refractivity contribution in [1.29, 1.82) is 0 Å². The van der Waals surface area contributed by atoms with E-state index in [9.17, 15) is 119 Å². The molecular weight excluding hydrogens is 683 g/mol. The van der Waals surface area contributed by atoms with Crippen LogP contribution in [0, 0.1) is 0 Å². The summed E-state index contributed by atoms with van der Waals surface area (Å²) in [6, 6.07) is 0. The van der Waals surface area contributed by atoms with Crippen LogP contribution in [0.1, 0.15) is 0 Å². The van der Waals surface area contributed by atoms with E-state index in [0.29, 0.717) is 0 Å². The number of rotatable bonds is 10. The minimum atomic E-state index is -9.49. The largest absolute Gasteiger partial charge is 0.460 e. The maximum atomic E-state index is 14.0. The zero-order chi connectivity index (χ0) is 34.5. The van der Waals surface area contributed by atoms with Gasteiger partial charge in [-0.1, -0.05) is 0 Å². The molecule has 248 valence electrons. The Kier molecular flexibility index (Phi) is 8.62. The fourth-order valence-corrected chi connectivity index (χ4v) is 2.23. The third-order valence-electron chi connectivity index (χ3n) is 4.86. The van der Waals surface area contributed by atoms with E-state index in [1.165, 1.54) is 0 Å². The van der Waals surface area contributed by atoms with Crippen LogP contribution < -0.4 is 5.73 Å². The van der Waals surface area contributed by atoms with Crippen molar-refractivity contribution < 1.29 is 124 Å². The van der Waals surface area contributed by atoms with Crippen molar-refractivity contribution >= 4 is 0 Å². The second-order valence-electron chi connectivity index (χ2n) is 7.54. The highest BCUT2D eigenvalue weighted by Crippen LogP contribution is 2.66. The van der Waals surface area contributed by atoms with Gasteiger partial charge in [0.15, 0.2) is 0 Å². The van der Waals surface area contributed by atoms with Crippen LogP contribution in [0.5, 0.6) is 0 Å². The Morgan fingerprint density at radius 1 is 0.195 bits per heavy atom. The summed E-state index contributed by atoms with van der Waals surface area (Å²) < 4.78 is 351. The molecule has 3 N–H and O–H groups in total. The number of hydrogen-bond acceptors (Lipinski definition) is 0. The highest BCUT2D eigenvalue weighted by Gasteiger charge is 3.00. The molecule has 1 atom stereocenters. The summed E-state index contributed by atoms with van der Waals surface area (Å²) in [6.07, 6.45) is -16.3. The molecule has 0 spiro atoms. The molecule has 0 bridgehead atoms. The van der Waals surface area contributed by atoms with Gasteiger partial charge in [0, 0.05) is 0 Å². The van der Waals surface area contributed by atoms with Crippen LogP contribution in [-0.4, -0.2) is 77.4 Å². The Morgan fingerprint density at radius 3 is 0.463 bits per heavy atom. The molecule has 0 aliphatic heterocycles. The van der Waals surface area contributed by atoms with Crippen molar-refractivity contribution in [3.8, 4) is 0 Å². The molecule has 0 saturated heterocycles. The summed E-state index contributed by atoms with van der Waals surface area (Å²) >= 11 is 0. The number of quaternary nitrogens is 1. The van der Waals surface area contributed by atoms with Crippen LogP contribution >= 0.6 is 0 Å². The maximum Gasteiger partial charge on any atom is 0.460 e. The average molecular weight is 686 g/mol. The van der Waals surface area contributed by atoms with E-state index >= 15 is 0 Å². The Balaban J connectivity index is 7.41. The quantitative estimate of drug-likeness (QED) is 0.184. The lowest BCUT2D eigenvalue weighted by Gasteiger charge is -2.45. The molecule has 0 rings (SSSR count). The van der Waals surface area contributed by atoms with Gasteiger partial charge in [0.2, 0.25) is 0 Å². The Morgan fingerprint density at radius 2 is 0.317 bits per heavy atom. The third kappa shape index (κ3) is 4.40. The molecule has 0 heterocycles. The lowest BCUT2D eigenvalue weighted by molar-refractivity contribution is -0.641. The summed E-state index contributed by atoms with van der Waals surface area (Å²) in [5.74, 6) is -99.8. The first kappa shape index (κ1) is 39.1. The van der Waals surface area contributed by atoms with Gasteiger partial charge >= 0.3 is 77.4 Å². The standard InChI is InChI=1S/C13H2F27N/c14-1(15,2(16,17)5(22,23)9(30,31)12(35,36)37)3(18,19)7(26,27)11(34,41)8(28,29)4(20,21)6(24,25)10(32,33)13(38,39)40/h41H2/p+1. The number of halogens is 27. The van der Waals surface area contributed by atoms with E-state index in [4.69, 9.17) is 0 Å². The molecule has 41 heavy (non-hydrogen) atoms. The van der Waals surface area contributed by atoms with Crippen molar-refractivity contribution in [3.63, 3.8) is 0 Å². The maximum absolute atomic E-state index is 14.0. The van der Waals surface area contributed by atoms with Crippen LogP contribution in [0.3, 0.4) is 0 Å². The molecule has 28 heteroatoms. The SMILES string of the molecule is [NH3+]C(F)(C(F)(F)C(F)(F)C(F)(F)C(F)(F)C(F)(F)F)C(F)(F)C(F)(F)C(F)(F)C(F)(F)C(F)(F)C(F)(F)C(F)(F)F. The molecule has 0 radical (unpaired) electrons. The van der Waals surface area contributed by atoms with Gasteiger partial charge in [-0.25, -0.2) is 0 Å². The molecule has 0 aliphatic rings. The molecule has 1 unspecified atom stereocenters. The fraction of sp³-hybridized carbons (Fsp3) is 1.00. The molecule has 0 aromatic heterocycles. The van der Waals surface area contributed by atoms with Crippen molar-refractivity contribution in [2.24, 2.45) is 0 Å². The van der Waals surface area contributed by atoms with Gasteiger partial charge in [-0.3, -0.25) is 0 Å². The summed E-state index contributed by atoms with van der Waals surface area (Å²) in [5, 5.41) is 0. The Hall–Kier alpha value is -1.93. The Labute approximate surface area is 203 Å². The normalized spacial score (nSPS) is 18.4. The van der Waals surface area contributed by atoms with E-state index < -0.39 is 77.4 Å². The van der Waals surface area contributed by atoms with E-state index in [0.717, 1.165) is 0 Å². The topological polar surface area (TPSA) is 27.6 Å². The average Bonchev–Trinajstić information content (AvgIpc) is 2.70. The predicted octanol–water partition coefficient (Wildman–Crippen LogP) is 7.37. The van der Waals surface area contributed by atoms with Crippen LogP contribution in [0.15, 0.2) is 0 Å². The first-order valence-corrected chi connectivity index (χ1v) is 8.46. The van der Waals surface area contributed by atoms with E-state index in [-0.39, 0.29) is 5.73 Å². The van der Waals surface area contributed by atoms with E-state index in [1.807, 2.05) is 0 Å². The number of hydrogen-bond donors (Lipinski definition) is 1. The van der Waals surface area contributed by atoms with E-state index in [2.05, 4.69) is 0 Å². The first-order valence-electron chi connectivity index (χ1n) is 8.46. The summed E-state index contributed by atoms with van der Waals surface area (Å²) in [7, 11) is 0. The second-order valence-corrected chi connectivity index (χ2v) is 7.54. The van der Waals surface area contributed by atoms with E-state index in [1.54, 1.807) is 0 Å². The molecular formula is C13H3F27N+. The van der Waals surface area contributed by atoms with Crippen molar-refractivity contribution in [1.82, 2.24) is 0 Å².